The monoisotopic (exact) mass is 272 g/mol. The summed E-state index contributed by atoms with van der Waals surface area (Å²) in [5.41, 5.74) is 6.08. The first kappa shape index (κ1) is 10.9. The SMILES string of the molecule is Cc1nc2cc3c(cc2n2cccc12)oc1ccccc13. The van der Waals surface area contributed by atoms with Gasteiger partial charge in [-0.2, -0.15) is 0 Å². The van der Waals surface area contributed by atoms with Gasteiger partial charge in [0.2, 0.25) is 0 Å². The number of aromatic nitrogens is 2. The average Bonchev–Trinajstić information content (AvgIpc) is 3.10. The highest BCUT2D eigenvalue weighted by molar-refractivity contribution is 6.09. The first-order chi connectivity index (χ1) is 10.3. The van der Waals surface area contributed by atoms with E-state index >= 15 is 0 Å². The lowest BCUT2D eigenvalue weighted by atomic mass is 10.1. The quantitative estimate of drug-likeness (QED) is 0.409. The van der Waals surface area contributed by atoms with Gasteiger partial charge in [0, 0.05) is 23.0 Å². The number of fused-ring (bicyclic) bond motifs is 6. The van der Waals surface area contributed by atoms with Crippen molar-refractivity contribution in [2.45, 2.75) is 6.92 Å². The molecule has 0 amide bonds. The number of para-hydroxylation sites is 1. The Morgan fingerprint density at radius 2 is 1.81 bits per heavy atom. The van der Waals surface area contributed by atoms with E-state index in [0.717, 1.165) is 44.2 Å². The second-order valence-corrected chi connectivity index (χ2v) is 5.40. The van der Waals surface area contributed by atoms with Gasteiger partial charge < -0.3 is 8.82 Å². The summed E-state index contributed by atoms with van der Waals surface area (Å²) in [6.07, 6.45) is 2.07. The van der Waals surface area contributed by atoms with Gasteiger partial charge in [0.1, 0.15) is 11.2 Å². The van der Waals surface area contributed by atoms with Gasteiger partial charge in [-0.15, -0.1) is 0 Å². The minimum Gasteiger partial charge on any atom is -0.456 e. The molecule has 3 nitrogen and oxygen atoms in total. The van der Waals surface area contributed by atoms with E-state index in [9.17, 15) is 0 Å². The summed E-state index contributed by atoms with van der Waals surface area (Å²) in [6, 6.07) is 16.5. The van der Waals surface area contributed by atoms with Crippen LogP contribution in [0.3, 0.4) is 0 Å². The molecule has 5 rings (SSSR count). The number of aryl methyl sites for hydroxylation is 1. The molecule has 21 heavy (non-hydrogen) atoms. The van der Waals surface area contributed by atoms with Gasteiger partial charge in [0.05, 0.1) is 22.2 Å². The van der Waals surface area contributed by atoms with Crippen LogP contribution in [0.15, 0.2) is 59.1 Å². The largest absolute Gasteiger partial charge is 0.456 e. The molecule has 3 heteroatoms. The summed E-state index contributed by atoms with van der Waals surface area (Å²) in [7, 11) is 0. The predicted octanol–water partition coefficient (Wildman–Crippen LogP) is 4.70. The molecular weight excluding hydrogens is 260 g/mol. The minimum atomic E-state index is 0.907. The van der Waals surface area contributed by atoms with Crippen molar-refractivity contribution < 1.29 is 4.42 Å². The fraction of sp³-hybridized carbons (Fsp3) is 0.0556. The molecule has 0 saturated carbocycles. The number of furan rings is 1. The Hall–Kier alpha value is -2.81. The van der Waals surface area contributed by atoms with Gasteiger partial charge in [-0.1, -0.05) is 18.2 Å². The lowest BCUT2D eigenvalue weighted by Gasteiger charge is -2.05. The molecule has 3 aromatic heterocycles. The van der Waals surface area contributed by atoms with Crippen LogP contribution in [-0.2, 0) is 0 Å². The molecule has 0 saturated heterocycles. The number of hydrogen-bond acceptors (Lipinski definition) is 2. The van der Waals surface area contributed by atoms with Crippen molar-refractivity contribution in [1.29, 1.82) is 0 Å². The highest BCUT2D eigenvalue weighted by Gasteiger charge is 2.11. The van der Waals surface area contributed by atoms with E-state index in [2.05, 4.69) is 34.9 Å². The molecule has 0 aliphatic rings. The van der Waals surface area contributed by atoms with Crippen LogP contribution in [0, 0.1) is 6.92 Å². The van der Waals surface area contributed by atoms with Crippen LogP contribution in [0.25, 0.3) is 38.5 Å². The van der Waals surface area contributed by atoms with Crippen molar-refractivity contribution in [3.8, 4) is 0 Å². The molecule has 0 unspecified atom stereocenters. The Morgan fingerprint density at radius 3 is 2.76 bits per heavy atom. The normalized spacial score (nSPS) is 12.0. The third-order valence-corrected chi connectivity index (χ3v) is 4.14. The fourth-order valence-corrected chi connectivity index (χ4v) is 3.16. The maximum absolute atomic E-state index is 5.98. The van der Waals surface area contributed by atoms with Gasteiger partial charge in [0.25, 0.3) is 0 Å². The van der Waals surface area contributed by atoms with E-state index < -0.39 is 0 Å². The van der Waals surface area contributed by atoms with Gasteiger partial charge in [0.15, 0.2) is 0 Å². The topological polar surface area (TPSA) is 30.4 Å². The van der Waals surface area contributed by atoms with Gasteiger partial charge in [-0.25, -0.2) is 4.98 Å². The molecule has 0 aliphatic carbocycles. The zero-order valence-electron chi connectivity index (χ0n) is 11.5. The molecule has 0 aliphatic heterocycles. The van der Waals surface area contributed by atoms with E-state index in [4.69, 9.17) is 9.40 Å². The lowest BCUT2D eigenvalue weighted by molar-refractivity contribution is 0.669. The van der Waals surface area contributed by atoms with Crippen molar-refractivity contribution in [3.63, 3.8) is 0 Å². The third kappa shape index (κ3) is 1.35. The number of rotatable bonds is 0. The number of nitrogens with zero attached hydrogens (tertiary/aromatic N) is 2. The fourth-order valence-electron chi connectivity index (χ4n) is 3.16. The van der Waals surface area contributed by atoms with E-state index in [1.807, 2.05) is 31.2 Å². The summed E-state index contributed by atoms with van der Waals surface area (Å²) in [4.78, 5) is 4.75. The molecule has 0 N–H and O–H groups in total. The molecule has 5 aromatic rings. The second-order valence-electron chi connectivity index (χ2n) is 5.40. The Morgan fingerprint density at radius 1 is 0.905 bits per heavy atom. The Bertz CT molecular complexity index is 1150. The lowest BCUT2D eigenvalue weighted by Crippen LogP contribution is -1.93. The van der Waals surface area contributed by atoms with Gasteiger partial charge in [-0.05, 0) is 31.2 Å². The second kappa shape index (κ2) is 3.64. The van der Waals surface area contributed by atoms with Crippen LogP contribution in [0.5, 0.6) is 0 Å². The predicted molar refractivity (Wildman–Crippen MR) is 84.7 cm³/mol. The van der Waals surface area contributed by atoms with E-state index in [-0.39, 0.29) is 0 Å². The summed E-state index contributed by atoms with van der Waals surface area (Å²) in [5, 5.41) is 2.26. The molecule has 0 atom stereocenters. The van der Waals surface area contributed by atoms with Crippen LogP contribution >= 0.6 is 0 Å². The van der Waals surface area contributed by atoms with Crippen molar-refractivity contribution in [1.82, 2.24) is 9.38 Å². The number of hydrogen-bond donors (Lipinski definition) is 0. The van der Waals surface area contributed by atoms with Crippen LogP contribution in [0.2, 0.25) is 0 Å². The summed E-state index contributed by atoms with van der Waals surface area (Å²) < 4.78 is 8.15. The molecular formula is C18H12N2O. The maximum Gasteiger partial charge on any atom is 0.137 e. The summed E-state index contributed by atoms with van der Waals surface area (Å²) in [5.74, 6) is 0. The first-order valence-electron chi connectivity index (χ1n) is 7.00. The molecule has 0 radical (unpaired) electrons. The summed E-state index contributed by atoms with van der Waals surface area (Å²) in [6.45, 7) is 2.05. The Labute approximate surface area is 120 Å². The standard InChI is InChI=1S/C18H12N2O/c1-11-15-6-4-8-20(15)16-10-18-13(9-14(16)19-11)12-5-2-3-7-17(12)21-18/h2-10H,1H3. The molecule has 100 valence electrons. The van der Waals surface area contributed by atoms with Crippen molar-refractivity contribution in [3.05, 3.63) is 60.4 Å². The van der Waals surface area contributed by atoms with Crippen molar-refractivity contribution in [2.75, 3.05) is 0 Å². The highest BCUT2D eigenvalue weighted by Crippen LogP contribution is 2.32. The zero-order chi connectivity index (χ0) is 14.0. The third-order valence-electron chi connectivity index (χ3n) is 4.14. The number of benzene rings is 2. The van der Waals surface area contributed by atoms with E-state index in [1.165, 1.54) is 0 Å². The van der Waals surface area contributed by atoms with Crippen LogP contribution in [0.1, 0.15) is 5.69 Å². The summed E-state index contributed by atoms with van der Waals surface area (Å²) >= 11 is 0. The van der Waals surface area contributed by atoms with Gasteiger partial charge >= 0.3 is 0 Å². The molecule has 0 bridgehead atoms. The Kier molecular flexibility index (Phi) is 1.89. The average molecular weight is 272 g/mol. The Balaban J connectivity index is 2.06. The van der Waals surface area contributed by atoms with E-state index in [1.54, 1.807) is 0 Å². The first-order valence-corrected chi connectivity index (χ1v) is 7.00. The van der Waals surface area contributed by atoms with Crippen molar-refractivity contribution >= 4 is 38.5 Å². The van der Waals surface area contributed by atoms with Gasteiger partial charge in [-0.3, -0.25) is 0 Å². The zero-order valence-corrected chi connectivity index (χ0v) is 11.5. The maximum atomic E-state index is 5.98. The van der Waals surface area contributed by atoms with Crippen molar-refractivity contribution in [2.24, 2.45) is 0 Å². The van der Waals surface area contributed by atoms with Crippen LogP contribution in [-0.4, -0.2) is 9.38 Å². The molecule has 3 heterocycles. The molecule has 2 aromatic carbocycles. The minimum absolute atomic E-state index is 0.907. The van der Waals surface area contributed by atoms with E-state index in [0.29, 0.717) is 0 Å². The molecule has 0 spiro atoms. The smallest absolute Gasteiger partial charge is 0.137 e. The highest BCUT2D eigenvalue weighted by atomic mass is 16.3. The van der Waals surface area contributed by atoms with Crippen LogP contribution < -0.4 is 0 Å². The molecule has 0 fully saturated rings. The van der Waals surface area contributed by atoms with Crippen LogP contribution in [0.4, 0.5) is 0 Å².